The van der Waals surface area contributed by atoms with E-state index in [0.29, 0.717) is 0 Å². The lowest BCUT2D eigenvalue weighted by Gasteiger charge is -1.98. The maximum atomic E-state index is 11.6. The standard InChI is InChI=1S/C12H11NO/c1-2-5-12(14)13-9-8-10-6-3-4-7-11(10)13/h2-9H,1H3/b5-2+. The van der Waals surface area contributed by atoms with Gasteiger partial charge in [-0.15, -0.1) is 0 Å². The molecule has 0 radical (unpaired) electrons. The molecule has 0 N–H and O–H groups in total. The summed E-state index contributed by atoms with van der Waals surface area (Å²) in [7, 11) is 0. The highest BCUT2D eigenvalue weighted by molar-refractivity contribution is 5.98. The van der Waals surface area contributed by atoms with Crippen LogP contribution in [0, 0.1) is 0 Å². The van der Waals surface area contributed by atoms with Gasteiger partial charge in [-0.3, -0.25) is 9.36 Å². The number of carbonyl (C=O) groups excluding carboxylic acids is 1. The molecule has 0 saturated carbocycles. The first-order chi connectivity index (χ1) is 6.83. The average molecular weight is 185 g/mol. The van der Waals surface area contributed by atoms with E-state index in [2.05, 4.69) is 0 Å². The number of nitrogens with zero attached hydrogens (tertiary/aromatic N) is 1. The zero-order chi connectivity index (χ0) is 9.97. The summed E-state index contributed by atoms with van der Waals surface area (Å²) < 4.78 is 1.65. The van der Waals surface area contributed by atoms with Crippen LogP contribution in [0.1, 0.15) is 11.7 Å². The molecule has 2 heteroatoms. The Morgan fingerprint density at radius 3 is 2.86 bits per heavy atom. The maximum Gasteiger partial charge on any atom is 0.254 e. The molecule has 0 bridgehead atoms. The SMILES string of the molecule is C/C=C/C(=O)n1ccc2ccccc21. The molecule has 0 aliphatic heterocycles. The number of benzene rings is 1. The second kappa shape index (κ2) is 3.50. The second-order valence-corrected chi connectivity index (χ2v) is 3.08. The second-order valence-electron chi connectivity index (χ2n) is 3.08. The number of aromatic nitrogens is 1. The lowest BCUT2D eigenvalue weighted by Crippen LogP contribution is -2.04. The summed E-state index contributed by atoms with van der Waals surface area (Å²) >= 11 is 0. The molecular weight excluding hydrogens is 174 g/mol. The van der Waals surface area contributed by atoms with Crippen LogP contribution < -0.4 is 0 Å². The van der Waals surface area contributed by atoms with Gasteiger partial charge in [-0.05, 0) is 25.1 Å². The number of hydrogen-bond acceptors (Lipinski definition) is 1. The minimum atomic E-state index is -0.00583. The molecule has 1 aromatic heterocycles. The summed E-state index contributed by atoms with van der Waals surface area (Å²) in [5.74, 6) is -0.00583. The zero-order valence-corrected chi connectivity index (χ0v) is 7.97. The Hall–Kier alpha value is -1.83. The molecule has 0 atom stereocenters. The summed E-state index contributed by atoms with van der Waals surface area (Å²) in [6.07, 6.45) is 5.11. The van der Waals surface area contributed by atoms with Crippen LogP contribution in [0.4, 0.5) is 0 Å². The van der Waals surface area contributed by atoms with Crippen molar-refractivity contribution >= 4 is 16.8 Å². The van der Waals surface area contributed by atoms with E-state index < -0.39 is 0 Å². The number of allylic oxidation sites excluding steroid dienone is 2. The average Bonchev–Trinajstić information content (AvgIpc) is 2.61. The van der Waals surface area contributed by atoms with Gasteiger partial charge in [0, 0.05) is 11.6 Å². The van der Waals surface area contributed by atoms with E-state index in [1.165, 1.54) is 0 Å². The fraction of sp³-hybridized carbons (Fsp3) is 0.0833. The highest BCUT2D eigenvalue weighted by atomic mass is 16.1. The first-order valence-corrected chi connectivity index (χ1v) is 4.56. The van der Waals surface area contributed by atoms with Crippen molar-refractivity contribution in [3.05, 3.63) is 48.7 Å². The van der Waals surface area contributed by atoms with Gasteiger partial charge in [0.25, 0.3) is 5.91 Å². The molecule has 1 aromatic carbocycles. The Kier molecular flexibility index (Phi) is 2.19. The molecule has 2 nitrogen and oxygen atoms in total. The summed E-state index contributed by atoms with van der Waals surface area (Å²) in [4.78, 5) is 11.6. The van der Waals surface area contributed by atoms with E-state index in [-0.39, 0.29) is 5.91 Å². The van der Waals surface area contributed by atoms with Crippen LogP contribution in [0.3, 0.4) is 0 Å². The van der Waals surface area contributed by atoms with E-state index in [9.17, 15) is 4.79 Å². The van der Waals surface area contributed by atoms with E-state index in [4.69, 9.17) is 0 Å². The van der Waals surface area contributed by atoms with Crippen molar-refractivity contribution in [3.8, 4) is 0 Å². The fourth-order valence-electron chi connectivity index (χ4n) is 1.50. The minimum Gasteiger partial charge on any atom is -0.284 e. The van der Waals surface area contributed by atoms with Gasteiger partial charge >= 0.3 is 0 Å². The molecule has 0 fully saturated rings. The predicted molar refractivity (Wildman–Crippen MR) is 57.4 cm³/mol. The van der Waals surface area contributed by atoms with Crippen LogP contribution in [0.2, 0.25) is 0 Å². The molecule has 0 aliphatic rings. The van der Waals surface area contributed by atoms with Gasteiger partial charge in [0.15, 0.2) is 0 Å². The molecule has 0 spiro atoms. The van der Waals surface area contributed by atoms with Crippen LogP contribution in [0.5, 0.6) is 0 Å². The Morgan fingerprint density at radius 1 is 1.29 bits per heavy atom. The van der Waals surface area contributed by atoms with E-state index in [0.717, 1.165) is 10.9 Å². The topological polar surface area (TPSA) is 22.0 Å². The first kappa shape index (κ1) is 8.75. The molecule has 2 aromatic rings. The number of carbonyl (C=O) groups is 1. The lowest BCUT2D eigenvalue weighted by molar-refractivity contribution is 0.0974. The molecule has 14 heavy (non-hydrogen) atoms. The smallest absolute Gasteiger partial charge is 0.254 e. The third-order valence-corrected chi connectivity index (χ3v) is 2.15. The highest BCUT2D eigenvalue weighted by Gasteiger charge is 2.03. The van der Waals surface area contributed by atoms with Crippen LogP contribution in [0.15, 0.2) is 48.7 Å². The molecule has 2 rings (SSSR count). The number of hydrogen-bond donors (Lipinski definition) is 0. The van der Waals surface area contributed by atoms with Gasteiger partial charge in [0.2, 0.25) is 0 Å². The monoisotopic (exact) mass is 185 g/mol. The van der Waals surface area contributed by atoms with Gasteiger partial charge in [0.1, 0.15) is 0 Å². The Bertz CT molecular complexity index is 494. The van der Waals surface area contributed by atoms with Crippen LogP contribution >= 0.6 is 0 Å². The summed E-state index contributed by atoms with van der Waals surface area (Å²) in [5.41, 5.74) is 0.954. The van der Waals surface area contributed by atoms with Crippen LogP contribution in [-0.2, 0) is 0 Å². The Balaban J connectivity index is 2.58. The van der Waals surface area contributed by atoms with Gasteiger partial charge in [-0.2, -0.15) is 0 Å². The summed E-state index contributed by atoms with van der Waals surface area (Å²) in [6, 6.07) is 9.77. The fourth-order valence-corrected chi connectivity index (χ4v) is 1.50. The molecule has 1 heterocycles. The van der Waals surface area contributed by atoms with Gasteiger partial charge in [-0.1, -0.05) is 24.3 Å². The van der Waals surface area contributed by atoms with Crippen molar-refractivity contribution in [2.24, 2.45) is 0 Å². The van der Waals surface area contributed by atoms with Crippen molar-refractivity contribution in [2.45, 2.75) is 6.92 Å². The van der Waals surface area contributed by atoms with Crippen molar-refractivity contribution in [2.75, 3.05) is 0 Å². The van der Waals surface area contributed by atoms with E-state index in [1.54, 1.807) is 22.9 Å². The Labute approximate surface area is 82.5 Å². The van der Waals surface area contributed by atoms with Crippen molar-refractivity contribution in [1.29, 1.82) is 0 Å². The van der Waals surface area contributed by atoms with E-state index in [1.807, 2.05) is 37.3 Å². The molecule has 0 aliphatic carbocycles. The van der Waals surface area contributed by atoms with Crippen LogP contribution in [-0.4, -0.2) is 10.5 Å². The minimum absolute atomic E-state index is 0.00583. The lowest BCUT2D eigenvalue weighted by atomic mass is 10.2. The van der Waals surface area contributed by atoms with Gasteiger partial charge in [0.05, 0.1) is 5.52 Å². The highest BCUT2D eigenvalue weighted by Crippen LogP contribution is 2.14. The Morgan fingerprint density at radius 2 is 2.07 bits per heavy atom. The molecule has 70 valence electrons. The molecule has 0 amide bonds. The predicted octanol–water partition coefficient (Wildman–Crippen LogP) is 2.86. The first-order valence-electron chi connectivity index (χ1n) is 4.56. The third kappa shape index (κ3) is 1.35. The maximum absolute atomic E-state index is 11.6. The van der Waals surface area contributed by atoms with Gasteiger partial charge < -0.3 is 0 Å². The largest absolute Gasteiger partial charge is 0.284 e. The third-order valence-electron chi connectivity index (χ3n) is 2.15. The zero-order valence-electron chi connectivity index (χ0n) is 7.97. The van der Waals surface area contributed by atoms with Crippen LogP contribution in [0.25, 0.3) is 10.9 Å². The normalized spacial score (nSPS) is 11.2. The summed E-state index contributed by atoms with van der Waals surface area (Å²) in [6.45, 7) is 1.84. The van der Waals surface area contributed by atoms with Crippen molar-refractivity contribution in [3.63, 3.8) is 0 Å². The van der Waals surface area contributed by atoms with Crippen molar-refractivity contribution < 1.29 is 4.79 Å². The van der Waals surface area contributed by atoms with Gasteiger partial charge in [-0.25, -0.2) is 0 Å². The molecular formula is C12H11NO. The molecule has 0 saturated heterocycles. The molecule has 0 unspecified atom stereocenters. The summed E-state index contributed by atoms with van der Waals surface area (Å²) in [5, 5.41) is 1.09. The number of rotatable bonds is 1. The number of fused-ring (bicyclic) bond motifs is 1. The van der Waals surface area contributed by atoms with Crippen molar-refractivity contribution in [1.82, 2.24) is 4.57 Å². The number of para-hydroxylation sites is 1. The quantitative estimate of drug-likeness (QED) is 0.626. The van der Waals surface area contributed by atoms with E-state index >= 15 is 0 Å².